The number of carbonyl (C=O) groups excluding carboxylic acids is 1. The molecule has 0 radical (unpaired) electrons. The maximum absolute atomic E-state index is 13.5. The van der Waals surface area contributed by atoms with Crippen LogP contribution < -0.4 is 0 Å². The number of ether oxygens (including phenoxy) is 2. The lowest BCUT2D eigenvalue weighted by Gasteiger charge is -2.38. The molecule has 1 aromatic rings. The van der Waals surface area contributed by atoms with Gasteiger partial charge in [-0.15, -0.1) is 0 Å². The highest BCUT2D eigenvalue weighted by atomic mass is 19.1. The predicted molar refractivity (Wildman–Crippen MR) is 69.3 cm³/mol. The van der Waals surface area contributed by atoms with Gasteiger partial charge in [-0.2, -0.15) is 0 Å². The van der Waals surface area contributed by atoms with Crippen LogP contribution in [0.5, 0.6) is 0 Å². The molecule has 0 N–H and O–H groups in total. The van der Waals surface area contributed by atoms with Crippen molar-refractivity contribution in [3.8, 4) is 0 Å². The first-order valence-corrected chi connectivity index (χ1v) is 6.73. The average molecular weight is 284 g/mol. The summed E-state index contributed by atoms with van der Waals surface area (Å²) in [5.74, 6) is -1.83. The standard InChI is InChI=1S/C15H18F2O3/c1-3-19-14(18)15(4-5-20-10(2)9-15)11-6-12(16)8-13(17)7-11/h6-8,10H,3-5,9H2,1-2H3/t10-,15-/m0/s1. The summed E-state index contributed by atoms with van der Waals surface area (Å²) in [6.07, 6.45) is 0.549. The zero-order chi connectivity index (χ0) is 14.8. The van der Waals surface area contributed by atoms with E-state index >= 15 is 0 Å². The Kier molecular flexibility index (Phi) is 4.38. The van der Waals surface area contributed by atoms with Gasteiger partial charge in [-0.25, -0.2) is 8.78 Å². The lowest BCUT2D eigenvalue weighted by Crippen LogP contribution is -2.45. The Morgan fingerprint density at radius 2 is 2.05 bits per heavy atom. The van der Waals surface area contributed by atoms with E-state index in [-0.39, 0.29) is 12.7 Å². The van der Waals surface area contributed by atoms with E-state index in [9.17, 15) is 13.6 Å². The molecule has 1 heterocycles. The van der Waals surface area contributed by atoms with Crippen molar-refractivity contribution in [2.24, 2.45) is 0 Å². The van der Waals surface area contributed by atoms with Crippen molar-refractivity contribution >= 4 is 5.97 Å². The van der Waals surface area contributed by atoms with E-state index in [4.69, 9.17) is 9.47 Å². The number of carbonyl (C=O) groups is 1. The minimum atomic E-state index is -1.03. The highest BCUT2D eigenvalue weighted by Crippen LogP contribution is 2.39. The lowest BCUT2D eigenvalue weighted by atomic mass is 9.72. The second-order valence-electron chi connectivity index (χ2n) is 5.10. The van der Waals surface area contributed by atoms with Crippen LogP contribution in [0.15, 0.2) is 18.2 Å². The summed E-state index contributed by atoms with van der Waals surface area (Å²) >= 11 is 0. The molecule has 0 saturated carbocycles. The molecular weight excluding hydrogens is 266 g/mol. The van der Waals surface area contributed by atoms with Crippen molar-refractivity contribution < 1.29 is 23.0 Å². The van der Waals surface area contributed by atoms with Gasteiger partial charge in [0.2, 0.25) is 0 Å². The first kappa shape index (κ1) is 14.9. The van der Waals surface area contributed by atoms with Gasteiger partial charge in [0.15, 0.2) is 0 Å². The van der Waals surface area contributed by atoms with Crippen LogP contribution in [-0.4, -0.2) is 25.3 Å². The van der Waals surface area contributed by atoms with Gasteiger partial charge in [-0.05, 0) is 44.4 Å². The number of hydrogen-bond acceptors (Lipinski definition) is 3. The Morgan fingerprint density at radius 1 is 1.40 bits per heavy atom. The number of benzene rings is 1. The molecule has 1 saturated heterocycles. The van der Waals surface area contributed by atoms with Crippen molar-refractivity contribution in [3.63, 3.8) is 0 Å². The summed E-state index contributed by atoms with van der Waals surface area (Å²) in [6.45, 7) is 4.13. The van der Waals surface area contributed by atoms with Gasteiger partial charge in [-0.3, -0.25) is 4.79 Å². The van der Waals surface area contributed by atoms with Crippen molar-refractivity contribution in [1.82, 2.24) is 0 Å². The van der Waals surface area contributed by atoms with E-state index in [1.165, 1.54) is 12.1 Å². The van der Waals surface area contributed by atoms with Crippen LogP contribution in [-0.2, 0) is 19.7 Å². The molecule has 3 nitrogen and oxygen atoms in total. The Hall–Kier alpha value is -1.49. The van der Waals surface area contributed by atoms with Crippen molar-refractivity contribution in [3.05, 3.63) is 35.4 Å². The molecule has 2 atom stereocenters. The zero-order valence-corrected chi connectivity index (χ0v) is 11.6. The highest BCUT2D eigenvalue weighted by Gasteiger charge is 2.45. The fourth-order valence-corrected chi connectivity index (χ4v) is 2.75. The molecule has 0 amide bonds. The van der Waals surface area contributed by atoms with E-state index in [2.05, 4.69) is 0 Å². The van der Waals surface area contributed by atoms with Gasteiger partial charge >= 0.3 is 5.97 Å². The number of halogens is 2. The summed E-state index contributed by atoms with van der Waals surface area (Å²) in [7, 11) is 0. The minimum Gasteiger partial charge on any atom is -0.465 e. The summed E-state index contributed by atoms with van der Waals surface area (Å²) in [6, 6.07) is 3.21. The van der Waals surface area contributed by atoms with Gasteiger partial charge in [0.05, 0.1) is 18.1 Å². The van der Waals surface area contributed by atoms with Crippen molar-refractivity contribution in [1.29, 1.82) is 0 Å². The van der Waals surface area contributed by atoms with Gasteiger partial charge in [-0.1, -0.05) is 0 Å². The molecule has 1 fully saturated rings. The molecule has 1 aliphatic rings. The first-order valence-electron chi connectivity index (χ1n) is 6.73. The topological polar surface area (TPSA) is 35.5 Å². The van der Waals surface area contributed by atoms with Crippen LogP contribution >= 0.6 is 0 Å². The average Bonchev–Trinajstić information content (AvgIpc) is 2.37. The smallest absolute Gasteiger partial charge is 0.316 e. The third-order valence-electron chi connectivity index (χ3n) is 3.65. The molecule has 0 bridgehead atoms. The Bertz CT molecular complexity index is 484. The molecule has 0 unspecified atom stereocenters. The largest absolute Gasteiger partial charge is 0.465 e. The van der Waals surface area contributed by atoms with Crippen LogP contribution in [0.2, 0.25) is 0 Å². The van der Waals surface area contributed by atoms with Crippen LogP contribution in [0.3, 0.4) is 0 Å². The molecule has 0 spiro atoms. The molecular formula is C15H18F2O3. The number of rotatable bonds is 3. The summed E-state index contributed by atoms with van der Waals surface area (Å²) in [4.78, 5) is 12.4. The summed E-state index contributed by atoms with van der Waals surface area (Å²) < 4.78 is 37.5. The fraction of sp³-hybridized carbons (Fsp3) is 0.533. The molecule has 20 heavy (non-hydrogen) atoms. The zero-order valence-electron chi connectivity index (χ0n) is 11.6. The van der Waals surface area contributed by atoms with Gasteiger partial charge in [0.25, 0.3) is 0 Å². The van der Waals surface area contributed by atoms with E-state index in [1.54, 1.807) is 6.92 Å². The molecule has 5 heteroatoms. The molecule has 1 aromatic carbocycles. The first-order chi connectivity index (χ1) is 9.48. The van der Waals surface area contributed by atoms with E-state index in [0.29, 0.717) is 25.0 Å². The molecule has 1 aliphatic heterocycles. The quantitative estimate of drug-likeness (QED) is 0.801. The maximum Gasteiger partial charge on any atom is 0.316 e. The van der Waals surface area contributed by atoms with Crippen LogP contribution in [0.1, 0.15) is 32.3 Å². The SMILES string of the molecule is CCOC(=O)[C@@]1(c2cc(F)cc(F)c2)CCO[C@@H](C)C1. The highest BCUT2D eigenvalue weighted by molar-refractivity contribution is 5.83. The third kappa shape index (κ3) is 2.82. The number of esters is 1. The van der Waals surface area contributed by atoms with Crippen molar-refractivity contribution in [2.45, 2.75) is 38.2 Å². The summed E-state index contributed by atoms with van der Waals surface area (Å²) in [5, 5.41) is 0. The van der Waals surface area contributed by atoms with E-state index < -0.39 is 23.0 Å². The fourth-order valence-electron chi connectivity index (χ4n) is 2.75. The third-order valence-corrected chi connectivity index (χ3v) is 3.65. The van der Waals surface area contributed by atoms with Gasteiger partial charge in [0.1, 0.15) is 11.6 Å². The Morgan fingerprint density at radius 3 is 2.60 bits per heavy atom. The van der Waals surface area contributed by atoms with Gasteiger partial charge < -0.3 is 9.47 Å². The Balaban J connectivity index is 2.47. The monoisotopic (exact) mass is 284 g/mol. The maximum atomic E-state index is 13.5. The van der Waals surface area contributed by atoms with Crippen LogP contribution in [0, 0.1) is 11.6 Å². The number of hydrogen-bond donors (Lipinski definition) is 0. The lowest BCUT2D eigenvalue weighted by molar-refractivity contribution is -0.156. The second-order valence-corrected chi connectivity index (χ2v) is 5.10. The predicted octanol–water partition coefficient (Wildman–Crippen LogP) is 2.96. The molecule has 0 aromatic heterocycles. The van der Waals surface area contributed by atoms with Gasteiger partial charge in [0, 0.05) is 12.7 Å². The van der Waals surface area contributed by atoms with E-state index in [1.807, 2.05) is 6.92 Å². The van der Waals surface area contributed by atoms with Crippen LogP contribution in [0.25, 0.3) is 0 Å². The molecule has 2 rings (SSSR count). The minimum absolute atomic E-state index is 0.167. The molecule has 0 aliphatic carbocycles. The second kappa shape index (κ2) is 5.87. The van der Waals surface area contributed by atoms with Crippen LogP contribution in [0.4, 0.5) is 8.78 Å². The molecule has 110 valence electrons. The van der Waals surface area contributed by atoms with Crippen molar-refractivity contribution in [2.75, 3.05) is 13.2 Å². The van der Waals surface area contributed by atoms with E-state index in [0.717, 1.165) is 6.07 Å². The summed E-state index contributed by atoms with van der Waals surface area (Å²) in [5.41, 5.74) is -0.708. The normalized spacial score (nSPS) is 26.3. The Labute approximate surface area is 116 Å².